The SMILES string of the molecule is Cc1nnc(CN2CCC[C@H](OCc3ccccn3)C2)s1. The number of piperidine rings is 1. The van der Waals surface area contributed by atoms with Crippen LogP contribution in [0, 0.1) is 6.92 Å². The van der Waals surface area contributed by atoms with Gasteiger partial charge in [-0.25, -0.2) is 0 Å². The minimum absolute atomic E-state index is 0.287. The average Bonchev–Trinajstić information content (AvgIpc) is 2.92. The number of aromatic nitrogens is 3. The number of hydrogen-bond donors (Lipinski definition) is 0. The quantitative estimate of drug-likeness (QED) is 0.849. The van der Waals surface area contributed by atoms with E-state index in [0.717, 1.165) is 41.8 Å². The summed E-state index contributed by atoms with van der Waals surface area (Å²) in [6.07, 6.45) is 4.39. The Morgan fingerprint density at radius 2 is 2.33 bits per heavy atom. The van der Waals surface area contributed by atoms with Crippen molar-refractivity contribution in [2.24, 2.45) is 0 Å². The monoisotopic (exact) mass is 304 g/mol. The van der Waals surface area contributed by atoms with Crippen LogP contribution in [-0.4, -0.2) is 39.3 Å². The van der Waals surface area contributed by atoms with E-state index in [9.17, 15) is 0 Å². The zero-order valence-electron chi connectivity index (χ0n) is 12.2. The molecule has 3 heterocycles. The average molecular weight is 304 g/mol. The van der Waals surface area contributed by atoms with E-state index in [4.69, 9.17) is 4.74 Å². The summed E-state index contributed by atoms with van der Waals surface area (Å²) in [6.45, 7) is 5.55. The lowest BCUT2D eigenvalue weighted by Gasteiger charge is -2.31. The van der Waals surface area contributed by atoms with Gasteiger partial charge in [0.1, 0.15) is 10.0 Å². The third-order valence-electron chi connectivity index (χ3n) is 3.58. The van der Waals surface area contributed by atoms with Crippen LogP contribution in [0.1, 0.15) is 28.6 Å². The van der Waals surface area contributed by atoms with E-state index in [2.05, 4.69) is 20.1 Å². The molecule has 0 spiro atoms. The molecule has 6 heteroatoms. The molecule has 21 heavy (non-hydrogen) atoms. The van der Waals surface area contributed by atoms with Gasteiger partial charge in [-0.2, -0.15) is 0 Å². The lowest BCUT2D eigenvalue weighted by Crippen LogP contribution is -2.39. The number of likely N-dealkylation sites (tertiary alicyclic amines) is 1. The topological polar surface area (TPSA) is 51.1 Å². The largest absolute Gasteiger partial charge is 0.371 e. The second-order valence-electron chi connectivity index (χ2n) is 5.35. The Hall–Kier alpha value is -1.37. The summed E-state index contributed by atoms with van der Waals surface area (Å²) in [5.41, 5.74) is 0.995. The highest BCUT2D eigenvalue weighted by molar-refractivity contribution is 7.11. The fraction of sp³-hybridized carbons (Fsp3) is 0.533. The number of pyridine rings is 1. The molecule has 0 amide bonds. The molecule has 0 N–H and O–H groups in total. The van der Waals surface area contributed by atoms with E-state index in [0.29, 0.717) is 6.61 Å². The maximum Gasteiger partial charge on any atom is 0.131 e. The maximum absolute atomic E-state index is 6.01. The third-order valence-corrected chi connectivity index (χ3v) is 4.41. The van der Waals surface area contributed by atoms with E-state index in [-0.39, 0.29) is 6.10 Å². The highest BCUT2D eigenvalue weighted by Gasteiger charge is 2.21. The molecule has 0 radical (unpaired) electrons. The number of hydrogen-bond acceptors (Lipinski definition) is 6. The molecule has 2 aromatic rings. The number of rotatable bonds is 5. The van der Waals surface area contributed by atoms with Crippen LogP contribution < -0.4 is 0 Å². The van der Waals surface area contributed by atoms with Gasteiger partial charge in [0.05, 0.1) is 24.9 Å². The molecule has 0 aromatic carbocycles. The first kappa shape index (κ1) is 14.6. The molecular weight excluding hydrogens is 284 g/mol. The van der Waals surface area contributed by atoms with Gasteiger partial charge < -0.3 is 4.74 Å². The lowest BCUT2D eigenvalue weighted by atomic mass is 10.1. The third kappa shape index (κ3) is 4.30. The van der Waals surface area contributed by atoms with E-state index >= 15 is 0 Å². The Balaban J connectivity index is 1.49. The highest BCUT2D eigenvalue weighted by Crippen LogP contribution is 2.18. The zero-order chi connectivity index (χ0) is 14.5. The summed E-state index contributed by atoms with van der Waals surface area (Å²) in [7, 11) is 0. The van der Waals surface area contributed by atoms with Crippen LogP contribution in [0.4, 0.5) is 0 Å². The Bertz CT molecular complexity index is 560. The van der Waals surface area contributed by atoms with Crippen molar-refractivity contribution in [3.8, 4) is 0 Å². The standard InChI is InChI=1S/C15H20N4OS/c1-12-17-18-15(21-12)10-19-8-4-6-14(9-19)20-11-13-5-2-3-7-16-13/h2-3,5,7,14H,4,6,8-11H2,1H3/t14-/m0/s1. The summed E-state index contributed by atoms with van der Waals surface area (Å²) in [6, 6.07) is 5.93. The number of ether oxygens (including phenoxy) is 1. The molecule has 0 saturated carbocycles. The second-order valence-corrected chi connectivity index (χ2v) is 6.61. The number of nitrogens with zero attached hydrogens (tertiary/aromatic N) is 4. The van der Waals surface area contributed by atoms with Crippen LogP contribution in [0.3, 0.4) is 0 Å². The Morgan fingerprint density at radius 3 is 3.10 bits per heavy atom. The van der Waals surface area contributed by atoms with Crippen LogP contribution in [0.5, 0.6) is 0 Å². The number of aryl methyl sites for hydroxylation is 1. The molecule has 5 nitrogen and oxygen atoms in total. The fourth-order valence-electron chi connectivity index (χ4n) is 2.57. The fourth-order valence-corrected chi connectivity index (χ4v) is 3.32. The Kier molecular flexibility index (Phi) is 4.90. The summed E-state index contributed by atoms with van der Waals surface area (Å²) >= 11 is 1.68. The van der Waals surface area contributed by atoms with Gasteiger partial charge in [-0.05, 0) is 38.4 Å². The molecule has 1 aliphatic heterocycles. The zero-order valence-corrected chi connectivity index (χ0v) is 13.1. The minimum atomic E-state index is 0.287. The maximum atomic E-state index is 6.01. The van der Waals surface area contributed by atoms with Crippen molar-refractivity contribution in [3.63, 3.8) is 0 Å². The van der Waals surface area contributed by atoms with Gasteiger partial charge in [0.15, 0.2) is 0 Å². The summed E-state index contributed by atoms with van der Waals surface area (Å²) in [5.74, 6) is 0. The molecule has 1 atom stereocenters. The van der Waals surface area contributed by atoms with Crippen molar-refractivity contribution in [1.29, 1.82) is 0 Å². The van der Waals surface area contributed by atoms with Gasteiger partial charge in [0, 0.05) is 12.7 Å². The van der Waals surface area contributed by atoms with Gasteiger partial charge in [-0.3, -0.25) is 9.88 Å². The lowest BCUT2D eigenvalue weighted by molar-refractivity contribution is -0.0133. The molecule has 0 aliphatic carbocycles. The molecule has 0 unspecified atom stereocenters. The van der Waals surface area contributed by atoms with E-state index in [1.165, 1.54) is 6.42 Å². The van der Waals surface area contributed by atoms with Gasteiger partial charge in [-0.1, -0.05) is 6.07 Å². The van der Waals surface area contributed by atoms with E-state index in [1.54, 1.807) is 11.3 Å². The minimum Gasteiger partial charge on any atom is -0.371 e. The van der Waals surface area contributed by atoms with E-state index in [1.807, 2.05) is 31.3 Å². The van der Waals surface area contributed by atoms with Gasteiger partial charge in [0.2, 0.25) is 0 Å². The first-order valence-electron chi connectivity index (χ1n) is 7.32. The molecule has 1 aliphatic rings. The molecular formula is C15H20N4OS. The van der Waals surface area contributed by atoms with Crippen molar-refractivity contribution in [1.82, 2.24) is 20.1 Å². The Morgan fingerprint density at radius 1 is 1.38 bits per heavy atom. The molecule has 1 saturated heterocycles. The van der Waals surface area contributed by atoms with Crippen LogP contribution in [0.25, 0.3) is 0 Å². The van der Waals surface area contributed by atoms with Crippen molar-refractivity contribution < 1.29 is 4.74 Å². The molecule has 112 valence electrons. The molecule has 3 rings (SSSR count). The van der Waals surface area contributed by atoms with E-state index < -0.39 is 0 Å². The van der Waals surface area contributed by atoms with Crippen LogP contribution in [0.2, 0.25) is 0 Å². The first-order chi connectivity index (χ1) is 10.3. The summed E-state index contributed by atoms with van der Waals surface area (Å²) < 4.78 is 6.01. The van der Waals surface area contributed by atoms with Gasteiger partial charge in [-0.15, -0.1) is 21.5 Å². The van der Waals surface area contributed by atoms with Crippen molar-refractivity contribution in [2.45, 2.75) is 39.0 Å². The Labute approximate surface area is 129 Å². The smallest absolute Gasteiger partial charge is 0.131 e. The molecule has 2 aromatic heterocycles. The summed E-state index contributed by atoms with van der Waals surface area (Å²) in [5, 5.41) is 10.4. The van der Waals surface area contributed by atoms with Crippen LogP contribution >= 0.6 is 11.3 Å². The van der Waals surface area contributed by atoms with Crippen LogP contribution in [-0.2, 0) is 17.9 Å². The molecule has 1 fully saturated rings. The van der Waals surface area contributed by atoms with Crippen molar-refractivity contribution >= 4 is 11.3 Å². The second kappa shape index (κ2) is 7.06. The van der Waals surface area contributed by atoms with Crippen molar-refractivity contribution in [2.75, 3.05) is 13.1 Å². The van der Waals surface area contributed by atoms with Gasteiger partial charge >= 0.3 is 0 Å². The van der Waals surface area contributed by atoms with Gasteiger partial charge in [0.25, 0.3) is 0 Å². The first-order valence-corrected chi connectivity index (χ1v) is 8.14. The highest BCUT2D eigenvalue weighted by atomic mass is 32.1. The summed E-state index contributed by atoms with van der Waals surface area (Å²) in [4.78, 5) is 6.71. The predicted molar refractivity (Wildman–Crippen MR) is 82.0 cm³/mol. The van der Waals surface area contributed by atoms with Crippen LogP contribution in [0.15, 0.2) is 24.4 Å². The normalized spacial score (nSPS) is 19.8. The molecule has 0 bridgehead atoms. The predicted octanol–water partition coefficient (Wildman–Crippen LogP) is 2.42. The van der Waals surface area contributed by atoms with Crippen molar-refractivity contribution in [3.05, 3.63) is 40.1 Å².